The van der Waals surface area contributed by atoms with E-state index in [-0.39, 0.29) is 17.9 Å². The van der Waals surface area contributed by atoms with E-state index in [2.05, 4.69) is 10.2 Å². The Morgan fingerprint density at radius 2 is 1.83 bits per heavy atom. The van der Waals surface area contributed by atoms with Crippen LogP contribution in [-0.2, 0) is 9.53 Å². The van der Waals surface area contributed by atoms with E-state index in [1.165, 1.54) is 39.2 Å². The summed E-state index contributed by atoms with van der Waals surface area (Å²) < 4.78 is 5.15. The van der Waals surface area contributed by atoms with Crippen molar-refractivity contribution < 1.29 is 14.3 Å². The molecule has 30 heavy (non-hydrogen) atoms. The molecule has 1 saturated carbocycles. The van der Waals surface area contributed by atoms with Crippen LogP contribution >= 0.6 is 0 Å². The molecule has 0 aromatic heterocycles. The van der Waals surface area contributed by atoms with Crippen molar-refractivity contribution in [3.63, 3.8) is 0 Å². The summed E-state index contributed by atoms with van der Waals surface area (Å²) in [6, 6.07) is 13.7. The molecule has 2 atom stereocenters. The monoisotopic (exact) mass is 408 g/mol. The van der Waals surface area contributed by atoms with Gasteiger partial charge in [-0.25, -0.2) is 0 Å². The van der Waals surface area contributed by atoms with Crippen LogP contribution in [-0.4, -0.2) is 48.6 Å². The molecule has 1 saturated heterocycles. The molecule has 5 heteroatoms. The van der Waals surface area contributed by atoms with Crippen LogP contribution in [0.3, 0.4) is 0 Å². The zero-order valence-corrected chi connectivity index (χ0v) is 18.0. The molecule has 4 rings (SSSR count). The minimum atomic E-state index is -0.687. The number of methoxy groups -OCH3 is 1. The number of nitrogens with one attached hydrogen (secondary N) is 1. The molecular weight excluding hydrogens is 376 g/mol. The molecule has 1 aliphatic heterocycles. The predicted molar refractivity (Wildman–Crippen MR) is 118 cm³/mol. The summed E-state index contributed by atoms with van der Waals surface area (Å²) in [6.07, 6.45) is 6.88. The van der Waals surface area contributed by atoms with Crippen molar-refractivity contribution >= 4 is 22.6 Å². The maximum Gasteiger partial charge on any atom is 0.326 e. The van der Waals surface area contributed by atoms with E-state index in [9.17, 15) is 9.59 Å². The van der Waals surface area contributed by atoms with Crippen LogP contribution in [0.4, 0.5) is 0 Å². The maximum absolute atomic E-state index is 12.9. The second-order valence-electron chi connectivity index (χ2n) is 9.11. The largest absolute Gasteiger partial charge is 0.468 e. The summed E-state index contributed by atoms with van der Waals surface area (Å²) in [5.41, 5.74) is -0.0349. The second-order valence-corrected chi connectivity index (χ2v) is 9.11. The van der Waals surface area contributed by atoms with Gasteiger partial charge in [0.2, 0.25) is 0 Å². The smallest absolute Gasteiger partial charge is 0.326 e. The zero-order chi connectivity index (χ0) is 21.1. The van der Waals surface area contributed by atoms with Gasteiger partial charge in [-0.2, -0.15) is 0 Å². The predicted octanol–water partition coefficient (Wildman–Crippen LogP) is 4.16. The van der Waals surface area contributed by atoms with E-state index in [4.69, 9.17) is 4.74 Å². The van der Waals surface area contributed by atoms with Gasteiger partial charge in [-0.3, -0.25) is 14.5 Å². The minimum Gasteiger partial charge on any atom is -0.468 e. The van der Waals surface area contributed by atoms with Gasteiger partial charge < -0.3 is 10.1 Å². The van der Waals surface area contributed by atoms with E-state index >= 15 is 0 Å². The molecule has 1 amide bonds. The number of ether oxygens (including phenoxy) is 1. The summed E-state index contributed by atoms with van der Waals surface area (Å²) in [7, 11) is 1.45. The third-order valence-electron chi connectivity index (χ3n) is 6.96. The fraction of sp³-hybridized carbons (Fsp3) is 0.520. The molecular formula is C25H32N2O3. The van der Waals surface area contributed by atoms with E-state index in [0.29, 0.717) is 24.4 Å². The lowest BCUT2D eigenvalue weighted by Crippen LogP contribution is -2.50. The molecule has 1 N–H and O–H groups in total. The lowest BCUT2D eigenvalue weighted by atomic mass is 9.88. The highest BCUT2D eigenvalue weighted by atomic mass is 16.5. The number of hydrogen-bond acceptors (Lipinski definition) is 4. The Morgan fingerprint density at radius 1 is 1.10 bits per heavy atom. The highest BCUT2D eigenvalue weighted by Crippen LogP contribution is 2.34. The molecule has 5 nitrogen and oxygen atoms in total. The molecule has 160 valence electrons. The van der Waals surface area contributed by atoms with Crippen molar-refractivity contribution in [2.45, 2.75) is 57.0 Å². The standard InChI is InChI=1S/C25H32N2O3/c1-25(24(29)30-2)15-22(17-27(25)16-18-8-4-3-5-9-18)26-23(28)21-13-12-19-10-6-7-11-20(19)14-21/h6-7,10-14,18,22H,3-5,8-9,15-17H2,1-2H3,(H,26,28)/t22?,25-/m0/s1. The van der Waals surface area contributed by atoms with Crippen molar-refractivity contribution in [2.75, 3.05) is 20.2 Å². The van der Waals surface area contributed by atoms with Crippen molar-refractivity contribution in [1.29, 1.82) is 0 Å². The summed E-state index contributed by atoms with van der Waals surface area (Å²) in [6.45, 7) is 3.54. The third kappa shape index (κ3) is 4.22. The number of rotatable bonds is 5. The Kier molecular flexibility index (Phi) is 6.09. The van der Waals surface area contributed by atoms with Gasteiger partial charge in [0.05, 0.1) is 7.11 Å². The van der Waals surface area contributed by atoms with Gasteiger partial charge in [0.1, 0.15) is 5.54 Å². The minimum absolute atomic E-state index is 0.0725. The highest BCUT2D eigenvalue weighted by molar-refractivity contribution is 5.98. The van der Waals surface area contributed by atoms with Crippen LogP contribution in [0.15, 0.2) is 42.5 Å². The van der Waals surface area contributed by atoms with Gasteiger partial charge in [0, 0.05) is 24.7 Å². The number of esters is 1. The Hall–Kier alpha value is -2.40. The van der Waals surface area contributed by atoms with E-state index in [0.717, 1.165) is 17.3 Å². The van der Waals surface area contributed by atoms with Gasteiger partial charge in [0.15, 0.2) is 0 Å². The average Bonchev–Trinajstić information content (AvgIpc) is 3.09. The fourth-order valence-electron chi connectivity index (χ4n) is 5.23. The lowest BCUT2D eigenvalue weighted by molar-refractivity contribution is -0.152. The van der Waals surface area contributed by atoms with Crippen molar-refractivity contribution in [3.05, 3.63) is 48.0 Å². The first-order chi connectivity index (χ1) is 14.5. The van der Waals surface area contributed by atoms with Crippen LogP contribution in [0.25, 0.3) is 10.8 Å². The van der Waals surface area contributed by atoms with Crippen LogP contribution in [0, 0.1) is 5.92 Å². The molecule has 1 heterocycles. The Balaban J connectivity index is 1.47. The van der Waals surface area contributed by atoms with Crippen LogP contribution in [0.5, 0.6) is 0 Å². The zero-order valence-electron chi connectivity index (χ0n) is 18.0. The number of carbonyl (C=O) groups is 2. The third-order valence-corrected chi connectivity index (χ3v) is 6.96. The van der Waals surface area contributed by atoms with E-state index < -0.39 is 5.54 Å². The second kappa shape index (κ2) is 8.76. The van der Waals surface area contributed by atoms with E-state index in [1.54, 1.807) is 0 Å². The first kappa shape index (κ1) is 20.9. The molecule has 0 bridgehead atoms. The molecule has 2 aliphatic rings. The Morgan fingerprint density at radius 3 is 2.57 bits per heavy atom. The SMILES string of the molecule is COC(=O)[C@]1(C)CC(NC(=O)c2ccc3ccccc3c2)CN1CC1CCCCC1. The van der Waals surface area contributed by atoms with Gasteiger partial charge in [-0.15, -0.1) is 0 Å². The number of likely N-dealkylation sites (tertiary alicyclic amines) is 1. The van der Waals surface area contributed by atoms with Crippen LogP contribution < -0.4 is 5.32 Å². The lowest BCUT2D eigenvalue weighted by Gasteiger charge is -2.35. The normalized spacial score (nSPS) is 25.3. The molecule has 1 aliphatic carbocycles. The summed E-state index contributed by atoms with van der Waals surface area (Å²) in [5, 5.41) is 5.34. The molecule has 0 spiro atoms. The van der Waals surface area contributed by atoms with Crippen molar-refractivity contribution in [1.82, 2.24) is 10.2 Å². The van der Waals surface area contributed by atoms with Crippen LogP contribution in [0.2, 0.25) is 0 Å². The quantitative estimate of drug-likeness (QED) is 0.755. The van der Waals surface area contributed by atoms with Gasteiger partial charge >= 0.3 is 5.97 Å². The number of fused-ring (bicyclic) bond motifs is 1. The number of carbonyl (C=O) groups excluding carboxylic acids is 2. The molecule has 2 fully saturated rings. The van der Waals surface area contributed by atoms with Gasteiger partial charge in [0.25, 0.3) is 5.91 Å². The Labute approximate surface area is 178 Å². The summed E-state index contributed by atoms with van der Waals surface area (Å²) in [5.74, 6) is 0.330. The van der Waals surface area contributed by atoms with Crippen molar-refractivity contribution in [2.24, 2.45) is 5.92 Å². The molecule has 2 aromatic rings. The highest BCUT2D eigenvalue weighted by Gasteiger charge is 2.49. The molecule has 2 aromatic carbocycles. The number of nitrogens with zero attached hydrogens (tertiary/aromatic N) is 1. The maximum atomic E-state index is 12.9. The van der Waals surface area contributed by atoms with E-state index in [1.807, 2.05) is 49.4 Å². The van der Waals surface area contributed by atoms with Gasteiger partial charge in [-0.05, 0) is 55.0 Å². The van der Waals surface area contributed by atoms with Gasteiger partial charge in [-0.1, -0.05) is 49.6 Å². The number of benzene rings is 2. The number of hydrogen-bond donors (Lipinski definition) is 1. The topological polar surface area (TPSA) is 58.6 Å². The molecule has 0 radical (unpaired) electrons. The molecule has 1 unspecified atom stereocenters. The van der Waals surface area contributed by atoms with Crippen LogP contribution in [0.1, 0.15) is 55.8 Å². The summed E-state index contributed by atoms with van der Waals surface area (Å²) >= 11 is 0. The fourth-order valence-corrected chi connectivity index (χ4v) is 5.23. The number of amides is 1. The average molecular weight is 409 g/mol. The van der Waals surface area contributed by atoms with Crippen molar-refractivity contribution in [3.8, 4) is 0 Å². The first-order valence-electron chi connectivity index (χ1n) is 11.1. The first-order valence-corrected chi connectivity index (χ1v) is 11.1. The summed E-state index contributed by atoms with van der Waals surface area (Å²) in [4.78, 5) is 27.9. The Bertz CT molecular complexity index is 922.